The van der Waals surface area contributed by atoms with Crippen LogP contribution in [-0.4, -0.2) is 17.0 Å². The SMILES string of the molecule is CC1CCN(Br)C1. The van der Waals surface area contributed by atoms with Crippen molar-refractivity contribution in [3.63, 3.8) is 0 Å². The quantitative estimate of drug-likeness (QED) is 0.492. The molecule has 0 bridgehead atoms. The van der Waals surface area contributed by atoms with Crippen LogP contribution in [-0.2, 0) is 0 Å². The molecule has 0 aromatic carbocycles. The van der Waals surface area contributed by atoms with E-state index < -0.39 is 0 Å². The summed E-state index contributed by atoms with van der Waals surface area (Å²) in [5.74, 6) is 0.902. The number of hydrogen-bond donors (Lipinski definition) is 0. The third-order valence-electron chi connectivity index (χ3n) is 1.37. The minimum Gasteiger partial charge on any atom is -0.242 e. The molecule has 1 heterocycles. The zero-order valence-corrected chi connectivity index (χ0v) is 6.11. The van der Waals surface area contributed by atoms with Gasteiger partial charge < -0.3 is 0 Å². The first-order valence-electron chi connectivity index (χ1n) is 2.70. The predicted molar refractivity (Wildman–Crippen MR) is 34.3 cm³/mol. The summed E-state index contributed by atoms with van der Waals surface area (Å²) < 4.78 is 2.19. The number of hydrogen-bond acceptors (Lipinski definition) is 1. The predicted octanol–water partition coefficient (Wildman–Crippen LogP) is 1.64. The summed E-state index contributed by atoms with van der Waals surface area (Å²) in [6, 6.07) is 0. The minimum atomic E-state index is 0.902. The Balaban J connectivity index is 2.26. The Morgan fingerprint density at radius 2 is 2.43 bits per heavy atom. The van der Waals surface area contributed by atoms with Gasteiger partial charge in [-0.15, -0.1) is 0 Å². The zero-order valence-electron chi connectivity index (χ0n) is 4.52. The van der Waals surface area contributed by atoms with Gasteiger partial charge in [0.2, 0.25) is 0 Å². The fourth-order valence-electron chi connectivity index (χ4n) is 0.881. The first-order chi connectivity index (χ1) is 3.29. The summed E-state index contributed by atoms with van der Waals surface area (Å²) >= 11 is 3.41. The molecule has 1 unspecified atom stereocenters. The van der Waals surface area contributed by atoms with E-state index in [1.165, 1.54) is 19.5 Å². The van der Waals surface area contributed by atoms with Gasteiger partial charge in [0.1, 0.15) is 0 Å². The highest BCUT2D eigenvalue weighted by Crippen LogP contribution is 2.17. The molecule has 42 valence electrons. The van der Waals surface area contributed by atoms with E-state index in [2.05, 4.69) is 27.0 Å². The third kappa shape index (κ3) is 1.42. The number of nitrogens with zero attached hydrogens (tertiary/aromatic N) is 1. The second kappa shape index (κ2) is 2.14. The number of rotatable bonds is 0. The van der Waals surface area contributed by atoms with Crippen molar-refractivity contribution in [2.75, 3.05) is 13.1 Å². The van der Waals surface area contributed by atoms with Gasteiger partial charge in [-0.2, -0.15) is 0 Å². The van der Waals surface area contributed by atoms with Gasteiger partial charge >= 0.3 is 0 Å². The molecular weight excluding hydrogens is 154 g/mol. The molecule has 0 aliphatic carbocycles. The molecule has 0 saturated carbocycles. The van der Waals surface area contributed by atoms with Crippen LogP contribution in [0.3, 0.4) is 0 Å². The molecule has 1 fully saturated rings. The lowest BCUT2D eigenvalue weighted by Crippen LogP contribution is -2.04. The Morgan fingerprint density at radius 3 is 2.57 bits per heavy atom. The topological polar surface area (TPSA) is 3.24 Å². The van der Waals surface area contributed by atoms with E-state index in [0.717, 1.165) is 5.92 Å². The van der Waals surface area contributed by atoms with Gasteiger partial charge in [0.05, 0.1) is 0 Å². The van der Waals surface area contributed by atoms with Gasteiger partial charge in [0, 0.05) is 29.2 Å². The lowest BCUT2D eigenvalue weighted by Gasteiger charge is -2.00. The van der Waals surface area contributed by atoms with E-state index in [0.29, 0.717) is 0 Å². The maximum Gasteiger partial charge on any atom is 0.0120 e. The van der Waals surface area contributed by atoms with E-state index >= 15 is 0 Å². The van der Waals surface area contributed by atoms with E-state index in [1.54, 1.807) is 0 Å². The van der Waals surface area contributed by atoms with Crippen LogP contribution in [0.4, 0.5) is 0 Å². The van der Waals surface area contributed by atoms with Gasteiger partial charge in [-0.05, 0) is 12.3 Å². The summed E-state index contributed by atoms with van der Waals surface area (Å²) in [6.45, 7) is 4.72. The Hall–Kier alpha value is 0.440. The van der Waals surface area contributed by atoms with Crippen LogP contribution in [0.1, 0.15) is 13.3 Å². The molecule has 0 N–H and O–H groups in total. The number of halogens is 1. The summed E-state index contributed by atoms with van der Waals surface area (Å²) in [5, 5.41) is 0. The maximum atomic E-state index is 3.41. The normalized spacial score (nSPS) is 34.3. The Labute approximate surface area is 53.0 Å². The van der Waals surface area contributed by atoms with E-state index in [9.17, 15) is 0 Å². The minimum absolute atomic E-state index is 0.902. The zero-order chi connectivity index (χ0) is 5.28. The fourth-order valence-corrected chi connectivity index (χ4v) is 1.58. The van der Waals surface area contributed by atoms with Gasteiger partial charge in [-0.3, -0.25) is 0 Å². The highest BCUT2D eigenvalue weighted by Gasteiger charge is 2.14. The van der Waals surface area contributed by atoms with Crippen LogP contribution in [0, 0.1) is 5.92 Å². The highest BCUT2D eigenvalue weighted by atomic mass is 79.9. The average molecular weight is 164 g/mol. The molecule has 1 rings (SSSR count). The van der Waals surface area contributed by atoms with E-state index in [1.807, 2.05) is 0 Å². The summed E-state index contributed by atoms with van der Waals surface area (Å²) in [5.41, 5.74) is 0. The summed E-state index contributed by atoms with van der Waals surface area (Å²) in [4.78, 5) is 0. The van der Waals surface area contributed by atoms with Gasteiger partial charge in [0.15, 0.2) is 0 Å². The van der Waals surface area contributed by atoms with Crippen LogP contribution in [0.2, 0.25) is 0 Å². The third-order valence-corrected chi connectivity index (χ3v) is 2.02. The van der Waals surface area contributed by atoms with E-state index in [-0.39, 0.29) is 0 Å². The average Bonchev–Trinajstić information content (AvgIpc) is 1.87. The first kappa shape index (κ1) is 5.57. The van der Waals surface area contributed by atoms with Crippen molar-refractivity contribution in [3.8, 4) is 0 Å². The molecule has 1 aliphatic heterocycles. The van der Waals surface area contributed by atoms with Crippen molar-refractivity contribution in [2.24, 2.45) is 5.92 Å². The van der Waals surface area contributed by atoms with Gasteiger partial charge in [-0.25, -0.2) is 3.93 Å². The van der Waals surface area contributed by atoms with Crippen molar-refractivity contribution in [1.29, 1.82) is 0 Å². The lowest BCUT2D eigenvalue weighted by molar-refractivity contribution is 0.565. The lowest BCUT2D eigenvalue weighted by atomic mass is 10.2. The van der Waals surface area contributed by atoms with Crippen LogP contribution >= 0.6 is 16.1 Å². The van der Waals surface area contributed by atoms with Crippen LogP contribution < -0.4 is 0 Å². The van der Waals surface area contributed by atoms with Crippen LogP contribution in [0.25, 0.3) is 0 Å². The smallest absolute Gasteiger partial charge is 0.0120 e. The molecule has 2 heteroatoms. The molecule has 1 aliphatic rings. The Morgan fingerprint density at radius 1 is 1.71 bits per heavy atom. The van der Waals surface area contributed by atoms with Crippen LogP contribution in [0.5, 0.6) is 0 Å². The van der Waals surface area contributed by atoms with Crippen molar-refractivity contribution >= 4 is 16.1 Å². The highest BCUT2D eigenvalue weighted by molar-refractivity contribution is 9.07. The first-order valence-corrected chi connectivity index (χ1v) is 3.40. The van der Waals surface area contributed by atoms with Crippen molar-refractivity contribution in [3.05, 3.63) is 0 Å². The fraction of sp³-hybridized carbons (Fsp3) is 1.00. The molecule has 0 radical (unpaired) electrons. The molecule has 7 heavy (non-hydrogen) atoms. The van der Waals surface area contributed by atoms with Crippen molar-refractivity contribution in [1.82, 2.24) is 3.93 Å². The van der Waals surface area contributed by atoms with Gasteiger partial charge in [0.25, 0.3) is 0 Å². The second-order valence-electron chi connectivity index (χ2n) is 2.26. The standard InChI is InChI=1S/C5H10BrN/c1-5-2-3-7(6)4-5/h5H,2-4H2,1H3. The van der Waals surface area contributed by atoms with Crippen molar-refractivity contribution in [2.45, 2.75) is 13.3 Å². The Bertz CT molecular complexity index is 57.1. The molecule has 1 saturated heterocycles. The molecule has 0 spiro atoms. The largest absolute Gasteiger partial charge is 0.242 e. The molecule has 0 aromatic rings. The molecule has 1 nitrogen and oxygen atoms in total. The molecular formula is C5H10BrN. The van der Waals surface area contributed by atoms with Crippen molar-refractivity contribution < 1.29 is 0 Å². The molecule has 1 atom stereocenters. The van der Waals surface area contributed by atoms with E-state index in [4.69, 9.17) is 0 Å². The summed E-state index contributed by atoms with van der Waals surface area (Å²) in [6.07, 6.45) is 1.35. The Kier molecular flexibility index (Phi) is 1.70. The summed E-state index contributed by atoms with van der Waals surface area (Å²) in [7, 11) is 0. The monoisotopic (exact) mass is 163 g/mol. The molecule has 0 aromatic heterocycles. The van der Waals surface area contributed by atoms with Gasteiger partial charge in [-0.1, -0.05) is 6.92 Å². The van der Waals surface area contributed by atoms with Crippen LogP contribution in [0.15, 0.2) is 0 Å². The molecule has 0 amide bonds. The maximum absolute atomic E-state index is 3.41. The second-order valence-corrected chi connectivity index (χ2v) is 3.27.